The molecule has 0 aliphatic rings. The monoisotopic (exact) mass is 600 g/mol. The lowest BCUT2D eigenvalue weighted by Crippen LogP contribution is -2.30. The number of nitrogens with zero attached hydrogens (tertiary/aromatic N) is 2. The highest BCUT2D eigenvalue weighted by Gasteiger charge is 2.21. The van der Waals surface area contributed by atoms with Gasteiger partial charge in [0, 0.05) is 30.5 Å². The minimum atomic E-state index is -1.12. The van der Waals surface area contributed by atoms with E-state index in [1.807, 2.05) is 31.2 Å². The van der Waals surface area contributed by atoms with Gasteiger partial charge in [-0.3, -0.25) is 14.9 Å². The summed E-state index contributed by atoms with van der Waals surface area (Å²) in [4.78, 5) is 43.5. The number of aromatic carboxylic acids is 1. The van der Waals surface area contributed by atoms with Crippen molar-refractivity contribution in [3.05, 3.63) is 106 Å². The normalized spacial score (nSPS) is 11.5. The van der Waals surface area contributed by atoms with Crippen LogP contribution in [0.1, 0.15) is 66.0 Å². The smallest absolute Gasteiger partial charge is 0.339 e. The molecule has 0 saturated heterocycles. The number of carboxylic acids is 1. The molecule has 3 aromatic carbocycles. The second kappa shape index (κ2) is 15.3. The van der Waals surface area contributed by atoms with E-state index in [2.05, 4.69) is 15.3 Å². The second-order valence-corrected chi connectivity index (χ2v) is 10.3. The number of methoxy groups -OCH3 is 1. The number of nitrogens with one attached hydrogen (secondary N) is 2. The predicted octanol–water partition coefficient (Wildman–Crippen LogP) is 6.29. The van der Waals surface area contributed by atoms with Crippen molar-refractivity contribution < 1.29 is 29.1 Å². The van der Waals surface area contributed by atoms with Crippen LogP contribution in [0.25, 0.3) is 11.3 Å². The largest absolute Gasteiger partial charge is 0.497 e. The lowest BCUT2D eigenvalue weighted by molar-refractivity contribution is -0.384. The average Bonchev–Trinajstić information content (AvgIpc) is 3.50. The van der Waals surface area contributed by atoms with Crippen LogP contribution in [0.15, 0.2) is 72.9 Å². The van der Waals surface area contributed by atoms with Gasteiger partial charge in [0.25, 0.3) is 5.69 Å². The number of aromatic amines is 1. The van der Waals surface area contributed by atoms with Crippen LogP contribution in [0.4, 0.5) is 5.69 Å². The summed E-state index contributed by atoms with van der Waals surface area (Å²) in [5.41, 5.74) is 3.07. The van der Waals surface area contributed by atoms with Crippen molar-refractivity contribution in [3.8, 4) is 22.8 Å². The number of amides is 1. The molecule has 0 aliphatic carbocycles. The number of aromatic nitrogens is 2. The molecule has 1 amide bonds. The number of rotatable bonds is 16. The molecule has 0 bridgehead atoms. The van der Waals surface area contributed by atoms with Crippen LogP contribution in [0, 0.1) is 10.1 Å². The summed E-state index contributed by atoms with van der Waals surface area (Å²) in [7, 11) is 1.61. The number of carbonyl (C=O) groups excluding carboxylic acids is 1. The maximum atomic E-state index is 13.1. The number of benzene rings is 3. The minimum Gasteiger partial charge on any atom is -0.497 e. The molecule has 1 atom stereocenters. The summed E-state index contributed by atoms with van der Waals surface area (Å²) in [5.74, 6) is 0.304. The van der Waals surface area contributed by atoms with E-state index >= 15 is 0 Å². The van der Waals surface area contributed by atoms with Crippen molar-refractivity contribution in [1.29, 1.82) is 0 Å². The number of unbranched alkanes of at least 4 members (excludes halogenated alkanes) is 1. The Balaban J connectivity index is 1.52. The summed E-state index contributed by atoms with van der Waals surface area (Å²) in [6.45, 7) is 2.43. The topological polar surface area (TPSA) is 157 Å². The summed E-state index contributed by atoms with van der Waals surface area (Å²) >= 11 is 0. The van der Waals surface area contributed by atoms with Crippen molar-refractivity contribution in [2.24, 2.45) is 0 Å². The Morgan fingerprint density at radius 1 is 1.07 bits per heavy atom. The number of hydrogen-bond acceptors (Lipinski definition) is 7. The van der Waals surface area contributed by atoms with Crippen LogP contribution >= 0.6 is 0 Å². The maximum absolute atomic E-state index is 13.1. The third kappa shape index (κ3) is 8.66. The van der Waals surface area contributed by atoms with Crippen molar-refractivity contribution >= 4 is 17.6 Å². The van der Waals surface area contributed by atoms with E-state index < -0.39 is 16.9 Å². The Labute approximate surface area is 255 Å². The molecule has 44 heavy (non-hydrogen) atoms. The highest BCUT2D eigenvalue weighted by Crippen LogP contribution is 2.27. The van der Waals surface area contributed by atoms with Gasteiger partial charge in [0.1, 0.15) is 22.9 Å². The van der Waals surface area contributed by atoms with E-state index in [4.69, 9.17) is 9.47 Å². The lowest BCUT2D eigenvalue weighted by Gasteiger charge is -2.20. The Morgan fingerprint density at radius 3 is 2.48 bits per heavy atom. The Morgan fingerprint density at radius 2 is 1.82 bits per heavy atom. The van der Waals surface area contributed by atoms with E-state index in [0.29, 0.717) is 36.5 Å². The van der Waals surface area contributed by atoms with E-state index in [1.54, 1.807) is 37.6 Å². The molecular weight excluding hydrogens is 564 g/mol. The standard InChI is InChI=1S/C33H36N4O7/c1-3-4-18-44-30-17-12-24(19-27(30)33(39)40)28(36-32(38)7-5-6-22-8-15-26(43-2)16-9-22)20-31-34-21-29(35-31)23-10-13-25(14-11-23)37(41)42/h8-17,19,21,28H,3-7,18,20H2,1-2H3,(H,34,35)(H,36,38)(H,39,40). The van der Waals surface area contributed by atoms with Crippen molar-refractivity contribution in [1.82, 2.24) is 15.3 Å². The van der Waals surface area contributed by atoms with Gasteiger partial charge in [-0.25, -0.2) is 9.78 Å². The van der Waals surface area contributed by atoms with Crippen LogP contribution in [-0.2, 0) is 17.6 Å². The lowest BCUT2D eigenvalue weighted by atomic mass is 9.99. The van der Waals surface area contributed by atoms with Crippen LogP contribution in [0.2, 0.25) is 0 Å². The van der Waals surface area contributed by atoms with E-state index in [9.17, 15) is 24.8 Å². The zero-order valence-corrected chi connectivity index (χ0v) is 24.7. The first-order chi connectivity index (χ1) is 21.3. The van der Waals surface area contributed by atoms with Crippen LogP contribution in [0.5, 0.6) is 11.5 Å². The predicted molar refractivity (Wildman–Crippen MR) is 165 cm³/mol. The first-order valence-electron chi connectivity index (χ1n) is 14.5. The molecule has 1 heterocycles. The molecule has 1 aromatic heterocycles. The number of nitro benzene ring substituents is 1. The van der Waals surface area contributed by atoms with Gasteiger partial charge in [0.2, 0.25) is 5.91 Å². The summed E-state index contributed by atoms with van der Waals surface area (Å²) in [5, 5.41) is 24.0. The van der Waals surface area contributed by atoms with Crippen LogP contribution < -0.4 is 14.8 Å². The van der Waals surface area contributed by atoms with E-state index in [1.165, 1.54) is 18.2 Å². The fourth-order valence-electron chi connectivity index (χ4n) is 4.72. The molecule has 3 N–H and O–H groups in total. The average molecular weight is 601 g/mol. The molecule has 230 valence electrons. The number of ether oxygens (including phenoxy) is 2. The first kappa shape index (κ1) is 31.7. The van der Waals surface area contributed by atoms with Crippen molar-refractivity contribution in [2.75, 3.05) is 13.7 Å². The van der Waals surface area contributed by atoms with Gasteiger partial charge in [0.15, 0.2) is 0 Å². The number of carboxylic acid groups (broad SMARTS) is 1. The number of non-ortho nitro benzene ring substituents is 1. The SMILES string of the molecule is CCCCOc1ccc(C(Cc2ncc(-c3ccc([N+](=O)[O-])cc3)[nH]2)NC(=O)CCCc2ccc(OC)cc2)cc1C(=O)O. The second-order valence-electron chi connectivity index (χ2n) is 10.3. The molecule has 0 radical (unpaired) electrons. The van der Waals surface area contributed by atoms with E-state index in [0.717, 1.165) is 29.7 Å². The zero-order chi connectivity index (χ0) is 31.5. The number of carbonyl (C=O) groups is 2. The zero-order valence-electron chi connectivity index (χ0n) is 24.7. The number of aryl methyl sites for hydroxylation is 1. The molecule has 1 unspecified atom stereocenters. The van der Waals surface area contributed by atoms with Crippen molar-refractivity contribution in [3.63, 3.8) is 0 Å². The molecule has 0 saturated carbocycles. The van der Waals surface area contributed by atoms with Gasteiger partial charge in [0.05, 0.1) is 36.6 Å². The molecule has 11 heteroatoms. The fourth-order valence-corrected chi connectivity index (χ4v) is 4.72. The highest BCUT2D eigenvalue weighted by molar-refractivity contribution is 5.91. The van der Waals surface area contributed by atoms with Gasteiger partial charge < -0.3 is 24.9 Å². The van der Waals surface area contributed by atoms with Gasteiger partial charge in [-0.2, -0.15) is 0 Å². The van der Waals surface area contributed by atoms with Gasteiger partial charge in [-0.05, 0) is 66.8 Å². The third-order valence-corrected chi connectivity index (χ3v) is 7.17. The summed E-state index contributed by atoms with van der Waals surface area (Å²) in [6, 6.07) is 18.1. The summed E-state index contributed by atoms with van der Waals surface area (Å²) < 4.78 is 10.9. The van der Waals surface area contributed by atoms with Crippen LogP contribution in [-0.4, -0.2) is 45.6 Å². The van der Waals surface area contributed by atoms with Crippen LogP contribution in [0.3, 0.4) is 0 Å². The molecule has 11 nitrogen and oxygen atoms in total. The number of imidazole rings is 1. The molecule has 0 fully saturated rings. The third-order valence-electron chi connectivity index (χ3n) is 7.17. The highest BCUT2D eigenvalue weighted by atomic mass is 16.6. The molecular formula is C33H36N4O7. The molecule has 0 spiro atoms. The van der Waals surface area contributed by atoms with Gasteiger partial charge in [-0.15, -0.1) is 0 Å². The number of H-pyrrole nitrogens is 1. The molecule has 4 rings (SSSR count). The van der Waals surface area contributed by atoms with Gasteiger partial charge >= 0.3 is 5.97 Å². The number of hydrogen-bond donors (Lipinski definition) is 3. The summed E-state index contributed by atoms with van der Waals surface area (Å²) in [6.07, 6.45) is 5.21. The Bertz CT molecular complexity index is 1570. The Hall–Kier alpha value is -5.19. The quantitative estimate of drug-likeness (QED) is 0.0769. The number of nitro groups is 1. The first-order valence-corrected chi connectivity index (χ1v) is 14.5. The van der Waals surface area contributed by atoms with E-state index in [-0.39, 0.29) is 35.7 Å². The van der Waals surface area contributed by atoms with Gasteiger partial charge in [-0.1, -0.05) is 31.5 Å². The molecule has 4 aromatic rings. The maximum Gasteiger partial charge on any atom is 0.339 e. The fraction of sp³-hybridized carbons (Fsp3) is 0.303. The van der Waals surface area contributed by atoms with Crippen molar-refractivity contribution in [2.45, 2.75) is 51.5 Å². The minimum absolute atomic E-state index is 0.0142. The Kier molecular flexibility index (Phi) is 11.1. The molecule has 0 aliphatic heterocycles.